The van der Waals surface area contributed by atoms with Crippen LogP contribution in [-0.2, 0) is 10.0 Å². The van der Waals surface area contributed by atoms with Crippen LogP contribution in [0.3, 0.4) is 0 Å². The number of halogens is 1. The van der Waals surface area contributed by atoms with Gasteiger partial charge in [0.2, 0.25) is 10.0 Å². The number of sulfonamides is 1. The Bertz CT molecular complexity index is 910. The molecule has 2 aromatic rings. The highest BCUT2D eigenvalue weighted by atomic mass is 35.5. The number of rotatable bonds is 7. The average Bonchev–Trinajstić information content (AvgIpc) is 3.44. The Morgan fingerprint density at radius 3 is 2.46 bits per heavy atom. The normalized spacial score (nSPS) is 15.8. The lowest BCUT2D eigenvalue weighted by atomic mass is 10.1. The summed E-state index contributed by atoms with van der Waals surface area (Å²) in [4.78, 5) is 11.7. The summed E-state index contributed by atoms with van der Waals surface area (Å²) in [7, 11) is -3.85. The van der Waals surface area contributed by atoms with Gasteiger partial charge in [-0.15, -0.1) is 0 Å². The summed E-state index contributed by atoms with van der Waals surface area (Å²) in [6.07, 6.45) is 0.591. The van der Waals surface area contributed by atoms with Crippen molar-refractivity contribution < 1.29 is 18.3 Å². The summed E-state index contributed by atoms with van der Waals surface area (Å²) in [6, 6.07) is 13.0. The van der Waals surface area contributed by atoms with Crippen LogP contribution in [0.1, 0.15) is 41.8 Å². The van der Waals surface area contributed by atoms with Gasteiger partial charge in [-0.3, -0.25) is 4.79 Å². The Morgan fingerprint density at radius 2 is 1.88 bits per heavy atom. The number of aliphatic hydroxyl groups is 1. The standard InChI is InChI=1S/C19H20ClNO4S/c1-13(22)17-11-16(9-10-18(17)20)26(24,25)21(15-7-8-15)12-19(23)14-5-3-2-4-6-14/h2-6,9-11,15,19,23H,7-8,12H2,1H3/t19-/m1/s1. The molecule has 0 unspecified atom stereocenters. The molecule has 1 N–H and O–H groups in total. The molecule has 0 bridgehead atoms. The molecule has 1 fully saturated rings. The van der Waals surface area contributed by atoms with E-state index in [1.54, 1.807) is 24.3 Å². The Morgan fingerprint density at radius 1 is 1.23 bits per heavy atom. The minimum atomic E-state index is -3.85. The molecule has 26 heavy (non-hydrogen) atoms. The van der Waals surface area contributed by atoms with Crippen molar-refractivity contribution in [1.82, 2.24) is 4.31 Å². The molecule has 1 atom stereocenters. The second-order valence-corrected chi connectivity index (χ2v) is 8.73. The second kappa shape index (κ2) is 7.48. The highest BCUT2D eigenvalue weighted by Crippen LogP contribution is 2.34. The first-order valence-electron chi connectivity index (χ1n) is 8.36. The van der Waals surface area contributed by atoms with Gasteiger partial charge in [-0.1, -0.05) is 41.9 Å². The van der Waals surface area contributed by atoms with Gasteiger partial charge in [0.25, 0.3) is 0 Å². The fourth-order valence-electron chi connectivity index (χ4n) is 2.83. The van der Waals surface area contributed by atoms with Crippen molar-refractivity contribution in [2.45, 2.75) is 36.8 Å². The third-order valence-corrected chi connectivity index (χ3v) is 6.66. The maximum atomic E-state index is 13.1. The molecule has 138 valence electrons. The number of nitrogens with zero attached hydrogens (tertiary/aromatic N) is 1. The SMILES string of the molecule is CC(=O)c1cc(S(=O)(=O)N(C[C@@H](O)c2ccccc2)C2CC2)ccc1Cl. The van der Waals surface area contributed by atoms with Crippen LogP contribution in [0.25, 0.3) is 0 Å². The van der Waals surface area contributed by atoms with Crippen molar-refractivity contribution in [3.05, 3.63) is 64.7 Å². The molecule has 0 amide bonds. The van der Waals surface area contributed by atoms with E-state index in [0.29, 0.717) is 5.56 Å². The Balaban J connectivity index is 1.92. The quantitative estimate of drug-likeness (QED) is 0.731. The van der Waals surface area contributed by atoms with Crippen molar-refractivity contribution in [3.8, 4) is 0 Å². The summed E-state index contributed by atoms with van der Waals surface area (Å²) in [5, 5.41) is 10.7. The molecular formula is C19H20ClNO4S. The molecule has 5 nitrogen and oxygen atoms in total. The third kappa shape index (κ3) is 3.99. The van der Waals surface area contributed by atoms with Crippen molar-refractivity contribution in [2.75, 3.05) is 6.54 Å². The smallest absolute Gasteiger partial charge is 0.243 e. The lowest BCUT2D eigenvalue weighted by Crippen LogP contribution is -2.36. The first-order valence-corrected chi connectivity index (χ1v) is 10.2. The summed E-state index contributed by atoms with van der Waals surface area (Å²) >= 11 is 5.99. The number of hydrogen-bond donors (Lipinski definition) is 1. The van der Waals surface area contributed by atoms with Gasteiger partial charge in [0.05, 0.1) is 16.0 Å². The maximum Gasteiger partial charge on any atom is 0.243 e. The Labute approximate surface area is 158 Å². The van der Waals surface area contributed by atoms with Crippen molar-refractivity contribution in [3.63, 3.8) is 0 Å². The second-order valence-electron chi connectivity index (χ2n) is 6.43. The summed E-state index contributed by atoms with van der Waals surface area (Å²) < 4.78 is 27.6. The van der Waals surface area contributed by atoms with Gasteiger partial charge in [-0.25, -0.2) is 8.42 Å². The van der Waals surface area contributed by atoms with Crippen LogP contribution in [-0.4, -0.2) is 36.2 Å². The van der Waals surface area contributed by atoms with E-state index in [1.165, 1.54) is 29.4 Å². The van der Waals surface area contributed by atoms with Gasteiger partial charge < -0.3 is 5.11 Å². The van der Waals surface area contributed by atoms with Crippen LogP contribution in [0.15, 0.2) is 53.4 Å². The minimum absolute atomic E-state index is 0.0132. The fraction of sp³-hybridized carbons (Fsp3) is 0.316. The van der Waals surface area contributed by atoms with Crippen LogP contribution >= 0.6 is 11.6 Å². The largest absolute Gasteiger partial charge is 0.387 e. The van der Waals surface area contributed by atoms with Crippen molar-refractivity contribution in [1.29, 1.82) is 0 Å². The fourth-order valence-corrected chi connectivity index (χ4v) is 4.80. The van der Waals surface area contributed by atoms with E-state index in [2.05, 4.69) is 0 Å². The molecule has 0 radical (unpaired) electrons. The number of carbonyl (C=O) groups excluding carboxylic acids is 1. The van der Waals surface area contributed by atoms with Crippen molar-refractivity contribution >= 4 is 27.4 Å². The molecule has 3 rings (SSSR count). The molecule has 0 heterocycles. The van der Waals surface area contributed by atoms with E-state index in [1.807, 2.05) is 6.07 Å². The van der Waals surface area contributed by atoms with Gasteiger partial charge >= 0.3 is 0 Å². The molecule has 0 spiro atoms. The predicted octanol–water partition coefficient (Wildman–Crippen LogP) is 3.43. The maximum absolute atomic E-state index is 13.1. The van der Waals surface area contributed by atoms with E-state index < -0.39 is 16.1 Å². The molecule has 0 aliphatic heterocycles. The lowest BCUT2D eigenvalue weighted by Gasteiger charge is -2.25. The zero-order valence-electron chi connectivity index (χ0n) is 14.3. The number of aliphatic hydroxyl groups excluding tert-OH is 1. The molecule has 1 saturated carbocycles. The number of Topliss-reactive ketones (excluding diaryl/α,β-unsaturated/α-hetero) is 1. The van der Waals surface area contributed by atoms with Gasteiger partial charge in [0.1, 0.15) is 0 Å². The van der Waals surface area contributed by atoms with Gasteiger partial charge in [0.15, 0.2) is 5.78 Å². The van der Waals surface area contributed by atoms with Gasteiger partial charge in [-0.05, 0) is 43.5 Å². The van der Waals surface area contributed by atoms with E-state index in [-0.39, 0.29) is 33.9 Å². The predicted molar refractivity (Wildman–Crippen MR) is 99.8 cm³/mol. The molecule has 0 saturated heterocycles. The Hall–Kier alpha value is -1.73. The average molecular weight is 394 g/mol. The van der Waals surface area contributed by atoms with Crippen LogP contribution in [0.4, 0.5) is 0 Å². The highest BCUT2D eigenvalue weighted by molar-refractivity contribution is 7.89. The lowest BCUT2D eigenvalue weighted by molar-refractivity contribution is 0.101. The zero-order chi connectivity index (χ0) is 18.9. The van der Waals surface area contributed by atoms with E-state index in [4.69, 9.17) is 11.6 Å². The minimum Gasteiger partial charge on any atom is -0.387 e. The topological polar surface area (TPSA) is 74.7 Å². The van der Waals surface area contributed by atoms with Gasteiger partial charge in [-0.2, -0.15) is 4.31 Å². The number of carbonyl (C=O) groups is 1. The first kappa shape index (κ1) is 19.0. The summed E-state index contributed by atoms with van der Waals surface area (Å²) in [6.45, 7) is 1.31. The number of ketones is 1. The zero-order valence-corrected chi connectivity index (χ0v) is 15.9. The van der Waals surface area contributed by atoms with E-state index >= 15 is 0 Å². The van der Waals surface area contributed by atoms with Crippen LogP contribution < -0.4 is 0 Å². The summed E-state index contributed by atoms with van der Waals surface area (Å²) in [5.41, 5.74) is 0.834. The van der Waals surface area contributed by atoms with Gasteiger partial charge in [0, 0.05) is 18.2 Å². The van der Waals surface area contributed by atoms with Crippen molar-refractivity contribution in [2.24, 2.45) is 0 Å². The van der Waals surface area contributed by atoms with E-state index in [9.17, 15) is 18.3 Å². The molecule has 7 heteroatoms. The molecule has 1 aliphatic carbocycles. The molecule has 0 aromatic heterocycles. The highest BCUT2D eigenvalue weighted by Gasteiger charge is 2.39. The number of benzene rings is 2. The number of hydrogen-bond acceptors (Lipinski definition) is 4. The molecule has 2 aromatic carbocycles. The molecular weight excluding hydrogens is 374 g/mol. The summed E-state index contributed by atoms with van der Waals surface area (Å²) in [5.74, 6) is -0.297. The van der Waals surface area contributed by atoms with E-state index in [0.717, 1.165) is 12.8 Å². The van der Waals surface area contributed by atoms with Crippen LogP contribution in [0.2, 0.25) is 5.02 Å². The monoisotopic (exact) mass is 393 g/mol. The Kier molecular flexibility index (Phi) is 5.48. The van der Waals surface area contributed by atoms with Crippen LogP contribution in [0.5, 0.6) is 0 Å². The first-order chi connectivity index (χ1) is 12.3. The molecule has 1 aliphatic rings. The van der Waals surface area contributed by atoms with Crippen LogP contribution in [0, 0.1) is 0 Å². The third-order valence-electron chi connectivity index (χ3n) is 4.42.